The van der Waals surface area contributed by atoms with Crippen LogP contribution in [0.1, 0.15) is 25.5 Å². The molecule has 0 saturated heterocycles. The Kier molecular flexibility index (Phi) is 4.70. The number of aliphatic hydroxyl groups excluding tert-OH is 1. The van der Waals surface area contributed by atoms with Crippen LogP contribution in [-0.4, -0.2) is 17.8 Å². The van der Waals surface area contributed by atoms with Gasteiger partial charge in [-0.25, -0.2) is 4.39 Å². The molecule has 0 aliphatic carbocycles. The Morgan fingerprint density at radius 2 is 2.13 bits per heavy atom. The fraction of sp³-hybridized carbons (Fsp3) is 0.455. The van der Waals surface area contributed by atoms with Crippen LogP contribution >= 0.6 is 15.9 Å². The second-order valence-corrected chi connectivity index (χ2v) is 4.51. The van der Waals surface area contributed by atoms with Gasteiger partial charge in [0.15, 0.2) is 0 Å². The molecule has 2 nitrogen and oxygen atoms in total. The number of benzene rings is 1. The first kappa shape index (κ1) is 12.6. The number of aliphatic hydroxyl groups is 1. The standard InChI is InChI=1S/C11H15BrFNO/c1-7(15)6-14-8(2)9-3-4-11(13)10(12)5-9/h3-5,7-8,14-15H,6H2,1-2H3/t7-,8?/m1/s1. The summed E-state index contributed by atoms with van der Waals surface area (Å²) in [6.07, 6.45) is -0.378. The van der Waals surface area contributed by atoms with Gasteiger partial charge in [0.2, 0.25) is 0 Å². The molecule has 0 spiro atoms. The first-order chi connectivity index (χ1) is 7.00. The molecule has 4 heteroatoms. The predicted octanol–water partition coefficient (Wildman–Crippen LogP) is 2.62. The molecule has 0 heterocycles. The summed E-state index contributed by atoms with van der Waals surface area (Å²) >= 11 is 3.14. The summed E-state index contributed by atoms with van der Waals surface area (Å²) in [5.41, 5.74) is 0.990. The van der Waals surface area contributed by atoms with E-state index >= 15 is 0 Å². The molecule has 84 valence electrons. The highest BCUT2D eigenvalue weighted by molar-refractivity contribution is 9.10. The van der Waals surface area contributed by atoms with Gasteiger partial charge in [0.25, 0.3) is 0 Å². The van der Waals surface area contributed by atoms with Gasteiger partial charge in [0, 0.05) is 12.6 Å². The lowest BCUT2D eigenvalue weighted by atomic mass is 10.1. The predicted molar refractivity (Wildman–Crippen MR) is 62.2 cm³/mol. The smallest absolute Gasteiger partial charge is 0.137 e. The Hall–Kier alpha value is -0.450. The van der Waals surface area contributed by atoms with Gasteiger partial charge < -0.3 is 10.4 Å². The van der Waals surface area contributed by atoms with Crippen LogP contribution in [-0.2, 0) is 0 Å². The molecule has 1 aromatic carbocycles. The van der Waals surface area contributed by atoms with E-state index < -0.39 is 0 Å². The van der Waals surface area contributed by atoms with Crippen LogP contribution in [0.25, 0.3) is 0 Å². The molecule has 1 unspecified atom stereocenters. The van der Waals surface area contributed by atoms with Crippen LogP contribution in [0, 0.1) is 5.82 Å². The number of hydrogen-bond donors (Lipinski definition) is 2. The Bertz CT molecular complexity index is 330. The Labute approximate surface area is 97.6 Å². The van der Waals surface area contributed by atoms with Crippen molar-refractivity contribution < 1.29 is 9.50 Å². The number of halogens is 2. The summed E-state index contributed by atoms with van der Waals surface area (Å²) in [7, 11) is 0. The van der Waals surface area contributed by atoms with Gasteiger partial charge in [0.05, 0.1) is 10.6 Å². The van der Waals surface area contributed by atoms with E-state index in [1.165, 1.54) is 6.07 Å². The third-order valence-electron chi connectivity index (χ3n) is 2.16. The van der Waals surface area contributed by atoms with Gasteiger partial charge in [-0.3, -0.25) is 0 Å². The largest absolute Gasteiger partial charge is 0.392 e. The van der Waals surface area contributed by atoms with Crippen molar-refractivity contribution >= 4 is 15.9 Å². The van der Waals surface area contributed by atoms with E-state index in [1.54, 1.807) is 19.1 Å². The molecule has 0 amide bonds. The van der Waals surface area contributed by atoms with E-state index in [0.717, 1.165) is 5.56 Å². The highest BCUT2D eigenvalue weighted by Gasteiger charge is 2.08. The molecule has 0 saturated carbocycles. The second kappa shape index (κ2) is 5.58. The van der Waals surface area contributed by atoms with Crippen molar-refractivity contribution in [2.75, 3.05) is 6.54 Å². The summed E-state index contributed by atoms with van der Waals surface area (Å²) in [4.78, 5) is 0. The Balaban J connectivity index is 2.65. The van der Waals surface area contributed by atoms with Crippen LogP contribution in [0.15, 0.2) is 22.7 Å². The summed E-state index contributed by atoms with van der Waals surface area (Å²) in [5, 5.41) is 12.3. The number of hydrogen-bond acceptors (Lipinski definition) is 2. The molecule has 0 aromatic heterocycles. The molecule has 15 heavy (non-hydrogen) atoms. The zero-order valence-electron chi connectivity index (χ0n) is 8.80. The average Bonchev–Trinajstić information content (AvgIpc) is 2.18. The van der Waals surface area contributed by atoms with Crippen molar-refractivity contribution in [2.24, 2.45) is 0 Å². The zero-order chi connectivity index (χ0) is 11.4. The monoisotopic (exact) mass is 275 g/mol. The van der Waals surface area contributed by atoms with Crippen molar-refractivity contribution in [2.45, 2.75) is 26.0 Å². The fourth-order valence-corrected chi connectivity index (χ4v) is 1.64. The van der Waals surface area contributed by atoms with E-state index in [0.29, 0.717) is 11.0 Å². The zero-order valence-corrected chi connectivity index (χ0v) is 10.4. The molecule has 0 fully saturated rings. The van der Waals surface area contributed by atoms with E-state index in [4.69, 9.17) is 5.11 Å². The van der Waals surface area contributed by atoms with Gasteiger partial charge in [0.1, 0.15) is 5.82 Å². The molecule has 0 bridgehead atoms. The molecular formula is C11H15BrFNO. The van der Waals surface area contributed by atoms with Gasteiger partial charge in [-0.1, -0.05) is 6.07 Å². The van der Waals surface area contributed by atoms with E-state index in [9.17, 15) is 4.39 Å². The summed E-state index contributed by atoms with van der Waals surface area (Å²) in [6.45, 7) is 4.22. The van der Waals surface area contributed by atoms with Crippen LogP contribution in [0.4, 0.5) is 4.39 Å². The minimum Gasteiger partial charge on any atom is -0.392 e. The maximum absolute atomic E-state index is 13.0. The average molecular weight is 276 g/mol. The van der Waals surface area contributed by atoms with Crippen LogP contribution in [0.5, 0.6) is 0 Å². The minimum absolute atomic E-state index is 0.0940. The SMILES string of the molecule is CC(NC[C@@H](C)O)c1ccc(F)c(Br)c1. The summed E-state index contributed by atoms with van der Waals surface area (Å²) < 4.78 is 13.4. The van der Waals surface area contributed by atoms with Crippen LogP contribution < -0.4 is 5.32 Å². The molecule has 2 atom stereocenters. The van der Waals surface area contributed by atoms with Gasteiger partial charge in [-0.05, 0) is 47.5 Å². The fourth-order valence-electron chi connectivity index (χ4n) is 1.25. The molecule has 0 aliphatic heterocycles. The van der Waals surface area contributed by atoms with Crippen molar-refractivity contribution in [3.05, 3.63) is 34.1 Å². The van der Waals surface area contributed by atoms with Crippen LogP contribution in [0.2, 0.25) is 0 Å². The van der Waals surface area contributed by atoms with Gasteiger partial charge in [-0.15, -0.1) is 0 Å². The molecule has 1 rings (SSSR count). The summed E-state index contributed by atoms with van der Waals surface area (Å²) in [5.74, 6) is -0.263. The first-order valence-corrected chi connectivity index (χ1v) is 5.66. The van der Waals surface area contributed by atoms with Crippen molar-refractivity contribution in [3.8, 4) is 0 Å². The third kappa shape index (κ3) is 3.89. The van der Waals surface area contributed by atoms with Crippen LogP contribution in [0.3, 0.4) is 0 Å². The Morgan fingerprint density at radius 1 is 1.47 bits per heavy atom. The third-order valence-corrected chi connectivity index (χ3v) is 2.77. The van der Waals surface area contributed by atoms with E-state index in [1.807, 2.05) is 6.92 Å². The van der Waals surface area contributed by atoms with Crippen molar-refractivity contribution in [3.63, 3.8) is 0 Å². The first-order valence-electron chi connectivity index (χ1n) is 4.87. The van der Waals surface area contributed by atoms with E-state index in [-0.39, 0.29) is 18.0 Å². The summed E-state index contributed by atoms with van der Waals surface area (Å²) in [6, 6.07) is 5.01. The molecule has 1 aromatic rings. The lowest BCUT2D eigenvalue weighted by molar-refractivity contribution is 0.187. The van der Waals surface area contributed by atoms with E-state index in [2.05, 4.69) is 21.2 Å². The second-order valence-electron chi connectivity index (χ2n) is 3.65. The highest BCUT2D eigenvalue weighted by Crippen LogP contribution is 2.21. The molecule has 0 radical (unpaired) electrons. The van der Waals surface area contributed by atoms with Crippen molar-refractivity contribution in [1.82, 2.24) is 5.32 Å². The van der Waals surface area contributed by atoms with Gasteiger partial charge in [-0.2, -0.15) is 0 Å². The number of rotatable bonds is 4. The maximum atomic E-state index is 13.0. The highest BCUT2D eigenvalue weighted by atomic mass is 79.9. The lowest BCUT2D eigenvalue weighted by Crippen LogP contribution is -2.27. The minimum atomic E-state index is -0.378. The topological polar surface area (TPSA) is 32.3 Å². The Morgan fingerprint density at radius 3 is 2.67 bits per heavy atom. The van der Waals surface area contributed by atoms with Gasteiger partial charge >= 0.3 is 0 Å². The lowest BCUT2D eigenvalue weighted by Gasteiger charge is -2.15. The molecule has 0 aliphatic rings. The normalized spacial score (nSPS) is 15.0. The maximum Gasteiger partial charge on any atom is 0.137 e. The molecular weight excluding hydrogens is 261 g/mol. The van der Waals surface area contributed by atoms with Crippen molar-refractivity contribution in [1.29, 1.82) is 0 Å². The number of nitrogens with one attached hydrogen (secondary N) is 1. The molecule has 2 N–H and O–H groups in total. The quantitative estimate of drug-likeness (QED) is 0.886.